The first-order valence-electron chi connectivity index (χ1n) is 8.84. The molecule has 26 heavy (non-hydrogen) atoms. The van der Waals surface area contributed by atoms with Crippen molar-refractivity contribution < 1.29 is 4.79 Å². The van der Waals surface area contributed by atoms with Crippen LogP contribution in [0.4, 0.5) is 5.82 Å². The standard InChI is InChI=1S/C20H25ClN4O/c1-15-6-4-5-7-17(15)19(23(2)3)20(26)25-12-10-24(11-13-25)18-9-8-16(21)14-22-18/h4-9,14,19H,10-13H2,1-3H3/t19-/m1/s1. The van der Waals surface area contributed by atoms with Crippen molar-refractivity contribution in [3.8, 4) is 0 Å². The van der Waals surface area contributed by atoms with Gasteiger partial charge in [-0.15, -0.1) is 0 Å². The maximum Gasteiger partial charge on any atom is 0.244 e. The molecule has 1 aromatic heterocycles. The van der Waals surface area contributed by atoms with E-state index in [9.17, 15) is 4.79 Å². The summed E-state index contributed by atoms with van der Waals surface area (Å²) in [7, 11) is 3.92. The summed E-state index contributed by atoms with van der Waals surface area (Å²) in [6, 6.07) is 11.6. The number of benzene rings is 1. The van der Waals surface area contributed by atoms with E-state index >= 15 is 0 Å². The van der Waals surface area contributed by atoms with Gasteiger partial charge in [0.2, 0.25) is 5.91 Å². The number of aryl methyl sites for hydroxylation is 1. The molecule has 1 amide bonds. The third-order valence-electron chi connectivity index (χ3n) is 4.86. The summed E-state index contributed by atoms with van der Waals surface area (Å²) in [6.07, 6.45) is 1.66. The SMILES string of the molecule is Cc1ccccc1[C@H](C(=O)N1CCN(c2ccc(Cl)cn2)CC1)N(C)C. The second-order valence-corrected chi connectivity index (χ2v) is 7.31. The van der Waals surface area contributed by atoms with E-state index in [0.29, 0.717) is 18.1 Å². The van der Waals surface area contributed by atoms with Gasteiger partial charge in [-0.25, -0.2) is 4.98 Å². The molecular formula is C20H25ClN4O. The summed E-state index contributed by atoms with van der Waals surface area (Å²) in [4.78, 5) is 23.7. The number of carbonyl (C=O) groups excluding carboxylic acids is 1. The van der Waals surface area contributed by atoms with Gasteiger partial charge in [0, 0.05) is 32.4 Å². The molecule has 1 fully saturated rings. The predicted molar refractivity (Wildman–Crippen MR) is 106 cm³/mol. The lowest BCUT2D eigenvalue weighted by Crippen LogP contribution is -2.51. The van der Waals surface area contributed by atoms with Crippen LogP contribution >= 0.6 is 11.6 Å². The summed E-state index contributed by atoms with van der Waals surface area (Å²) < 4.78 is 0. The number of piperazine rings is 1. The molecule has 1 aromatic carbocycles. The van der Waals surface area contributed by atoms with Gasteiger partial charge in [-0.3, -0.25) is 9.69 Å². The van der Waals surface area contributed by atoms with Crippen LogP contribution in [0.25, 0.3) is 0 Å². The molecule has 0 saturated carbocycles. The van der Waals surface area contributed by atoms with Gasteiger partial charge in [0.05, 0.1) is 5.02 Å². The van der Waals surface area contributed by atoms with Crippen molar-refractivity contribution in [2.75, 3.05) is 45.2 Å². The highest BCUT2D eigenvalue weighted by Gasteiger charge is 2.31. The number of aromatic nitrogens is 1. The summed E-state index contributed by atoms with van der Waals surface area (Å²) in [6.45, 7) is 4.99. The molecule has 0 N–H and O–H groups in total. The van der Waals surface area contributed by atoms with Crippen LogP contribution in [0.5, 0.6) is 0 Å². The summed E-state index contributed by atoms with van der Waals surface area (Å²) in [5.74, 6) is 1.07. The first-order chi connectivity index (χ1) is 12.5. The van der Waals surface area contributed by atoms with Gasteiger partial charge in [0.15, 0.2) is 0 Å². The number of rotatable bonds is 4. The Bertz CT molecular complexity index is 755. The minimum Gasteiger partial charge on any atom is -0.353 e. The van der Waals surface area contributed by atoms with Crippen molar-refractivity contribution in [1.82, 2.24) is 14.8 Å². The molecule has 0 spiro atoms. The lowest BCUT2D eigenvalue weighted by molar-refractivity contribution is -0.136. The Labute approximate surface area is 160 Å². The second-order valence-electron chi connectivity index (χ2n) is 6.87. The molecule has 1 saturated heterocycles. The third kappa shape index (κ3) is 4.00. The summed E-state index contributed by atoms with van der Waals surface area (Å²) in [5.41, 5.74) is 2.22. The predicted octanol–water partition coefficient (Wildman–Crippen LogP) is 2.99. The number of halogens is 1. The highest BCUT2D eigenvalue weighted by atomic mass is 35.5. The van der Waals surface area contributed by atoms with Crippen LogP contribution in [-0.4, -0.2) is 61.0 Å². The van der Waals surface area contributed by atoms with E-state index in [0.717, 1.165) is 30.0 Å². The van der Waals surface area contributed by atoms with Crippen LogP contribution in [0.1, 0.15) is 17.2 Å². The molecule has 2 aromatic rings. The van der Waals surface area contributed by atoms with E-state index in [1.807, 2.05) is 54.2 Å². The van der Waals surface area contributed by atoms with Crippen LogP contribution in [0.2, 0.25) is 5.02 Å². The highest BCUT2D eigenvalue weighted by molar-refractivity contribution is 6.30. The number of hydrogen-bond acceptors (Lipinski definition) is 4. The molecule has 0 radical (unpaired) electrons. The zero-order valence-corrected chi connectivity index (χ0v) is 16.3. The molecule has 138 valence electrons. The van der Waals surface area contributed by atoms with Gasteiger partial charge >= 0.3 is 0 Å². The van der Waals surface area contributed by atoms with Crippen molar-refractivity contribution in [3.05, 3.63) is 58.7 Å². The Hall–Kier alpha value is -2.11. The molecule has 1 atom stereocenters. The second kappa shape index (κ2) is 8.06. The lowest BCUT2D eigenvalue weighted by atomic mass is 9.99. The Morgan fingerprint density at radius 3 is 2.38 bits per heavy atom. The molecule has 5 nitrogen and oxygen atoms in total. The van der Waals surface area contributed by atoms with Crippen molar-refractivity contribution in [1.29, 1.82) is 0 Å². The topological polar surface area (TPSA) is 39.7 Å². The zero-order valence-electron chi connectivity index (χ0n) is 15.5. The first-order valence-corrected chi connectivity index (χ1v) is 9.22. The molecule has 3 rings (SSSR count). The van der Waals surface area contributed by atoms with E-state index < -0.39 is 0 Å². The summed E-state index contributed by atoms with van der Waals surface area (Å²) >= 11 is 5.91. The Kier molecular flexibility index (Phi) is 5.79. The maximum atomic E-state index is 13.2. The highest BCUT2D eigenvalue weighted by Crippen LogP contribution is 2.25. The van der Waals surface area contributed by atoms with Crippen LogP contribution in [0.3, 0.4) is 0 Å². The molecule has 0 unspecified atom stereocenters. The number of likely N-dealkylation sites (N-methyl/N-ethyl adjacent to an activating group) is 1. The average molecular weight is 373 g/mol. The Morgan fingerprint density at radius 1 is 1.12 bits per heavy atom. The van der Waals surface area contributed by atoms with Crippen LogP contribution in [-0.2, 0) is 4.79 Å². The van der Waals surface area contributed by atoms with Crippen molar-refractivity contribution in [2.45, 2.75) is 13.0 Å². The zero-order chi connectivity index (χ0) is 18.7. The molecule has 1 aliphatic rings. The molecule has 0 aliphatic carbocycles. The van der Waals surface area contributed by atoms with Crippen LogP contribution < -0.4 is 4.90 Å². The van der Waals surface area contributed by atoms with Crippen LogP contribution in [0.15, 0.2) is 42.6 Å². The van der Waals surface area contributed by atoms with E-state index in [2.05, 4.69) is 22.9 Å². The van der Waals surface area contributed by atoms with Gasteiger partial charge < -0.3 is 9.80 Å². The molecule has 6 heteroatoms. The van der Waals surface area contributed by atoms with Crippen molar-refractivity contribution >= 4 is 23.3 Å². The largest absolute Gasteiger partial charge is 0.353 e. The average Bonchev–Trinajstić information content (AvgIpc) is 2.64. The van der Waals surface area contributed by atoms with Gasteiger partial charge in [-0.2, -0.15) is 0 Å². The fourth-order valence-electron chi connectivity index (χ4n) is 3.41. The van der Waals surface area contributed by atoms with Gasteiger partial charge in [-0.05, 0) is 44.3 Å². The number of carbonyl (C=O) groups is 1. The number of anilines is 1. The van der Waals surface area contributed by atoms with Gasteiger partial charge in [-0.1, -0.05) is 35.9 Å². The minimum atomic E-state index is -0.253. The van der Waals surface area contributed by atoms with Gasteiger partial charge in [0.1, 0.15) is 11.9 Å². The van der Waals surface area contributed by atoms with E-state index in [1.165, 1.54) is 0 Å². The number of nitrogens with zero attached hydrogens (tertiary/aromatic N) is 4. The van der Waals surface area contributed by atoms with Gasteiger partial charge in [0.25, 0.3) is 0 Å². The summed E-state index contributed by atoms with van der Waals surface area (Å²) in [5, 5.41) is 0.634. The normalized spacial score (nSPS) is 16.0. The number of hydrogen-bond donors (Lipinski definition) is 0. The van der Waals surface area contributed by atoms with Crippen LogP contribution in [0, 0.1) is 6.92 Å². The Morgan fingerprint density at radius 2 is 1.81 bits per heavy atom. The fraction of sp³-hybridized carbons (Fsp3) is 0.400. The fourth-order valence-corrected chi connectivity index (χ4v) is 3.52. The van der Waals surface area contributed by atoms with Crippen molar-refractivity contribution in [2.24, 2.45) is 0 Å². The third-order valence-corrected chi connectivity index (χ3v) is 5.08. The minimum absolute atomic E-state index is 0.160. The molecule has 1 aliphatic heterocycles. The lowest BCUT2D eigenvalue weighted by Gasteiger charge is -2.38. The monoisotopic (exact) mass is 372 g/mol. The van der Waals surface area contributed by atoms with Crippen molar-refractivity contribution in [3.63, 3.8) is 0 Å². The number of amides is 1. The van der Waals surface area contributed by atoms with E-state index in [-0.39, 0.29) is 11.9 Å². The Balaban J connectivity index is 1.70. The molecule has 0 bridgehead atoms. The quantitative estimate of drug-likeness (QED) is 0.827. The smallest absolute Gasteiger partial charge is 0.244 e. The van der Waals surface area contributed by atoms with E-state index in [4.69, 9.17) is 11.6 Å². The maximum absolute atomic E-state index is 13.2. The molecule has 2 heterocycles. The number of pyridine rings is 1. The first kappa shape index (κ1) is 18.7. The molecular weight excluding hydrogens is 348 g/mol. The van der Waals surface area contributed by atoms with E-state index in [1.54, 1.807) is 6.20 Å².